The average molecular weight is 449 g/mol. The van der Waals surface area contributed by atoms with Gasteiger partial charge < -0.3 is 4.74 Å². The standard InChI is InChI=1S/C21H13F6O2P.Li/c22-20(23,24)16-7-4-8-17(21(25,26)27)18(16)19(28)30-15-11-9-14(10-12-15)29-13-5-2-1-3-6-13;/h1-12,30H;. The third kappa shape index (κ3) is 6.36. The van der Waals surface area contributed by atoms with Gasteiger partial charge in [0.25, 0.3) is 0 Å². The molecular weight excluding hydrogens is 436 g/mol. The summed E-state index contributed by atoms with van der Waals surface area (Å²) < 4.78 is 85.0. The van der Waals surface area contributed by atoms with Crippen LogP contribution in [0, 0.1) is 0 Å². The molecule has 31 heavy (non-hydrogen) atoms. The number of rotatable bonds is 5. The van der Waals surface area contributed by atoms with Crippen LogP contribution in [0.1, 0.15) is 21.5 Å². The van der Waals surface area contributed by atoms with E-state index in [0.717, 1.165) is 0 Å². The molecule has 1 unspecified atom stereocenters. The fraction of sp³-hybridized carbons (Fsp3) is 0.0952. The summed E-state index contributed by atoms with van der Waals surface area (Å²) in [6.45, 7) is 0. The molecule has 3 aromatic rings. The van der Waals surface area contributed by atoms with Crippen molar-refractivity contribution >= 4 is 38.3 Å². The van der Waals surface area contributed by atoms with E-state index < -0.39 is 43.1 Å². The van der Waals surface area contributed by atoms with Gasteiger partial charge in [-0.15, -0.1) is 0 Å². The first-order chi connectivity index (χ1) is 14.1. The fourth-order valence-electron chi connectivity index (χ4n) is 2.69. The number of hydrogen-bond acceptors (Lipinski definition) is 2. The number of hydrogen-bond donors (Lipinski definition) is 0. The van der Waals surface area contributed by atoms with E-state index >= 15 is 0 Å². The second-order valence-electron chi connectivity index (χ2n) is 6.12. The van der Waals surface area contributed by atoms with Gasteiger partial charge in [-0.1, -0.05) is 36.4 Å². The molecule has 0 bridgehead atoms. The zero-order chi connectivity index (χ0) is 21.9. The first-order valence-corrected chi connectivity index (χ1v) is 9.47. The van der Waals surface area contributed by atoms with Gasteiger partial charge in [-0.3, -0.25) is 4.79 Å². The number of ether oxygens (including phenoxy) is 1. The first-order valence-electron chi connectivity index (χ1n) is 8.47. The third-order valence-electron chi connectivity index (χ3n) is 3.99. The molecule has 0 aromatic heterocycles. The molecule has 0 N–H and O–H groups in total. The summed E-state index contributed by atoms with van der Waals surface area (Å²) in [5.41, 5.74) is -5.80. The molecule has 3 aromatic carbocycles. The molecule has 1 atom stereocenters. The van der Waals surface area contributed by atoms with Crippen LogP contribution in [0.2, 0.25) is 0 Å². The van der Waals surface area contributed by atoms with E-state index in [1.54, 1.807) is 30.3 Å². The molecule has 3 rings (SSSR count). The number of carbonyl (C=O) groups is 1. The van der Waals surface area contributed by atoms with Crippen molar-refractivity contribution < 1.29 is 35.9 Å². The van der Waals surface area contributed by atoms with Gasteiger partial charge in [0.05, 0.1) is 11.1 Å². The molecule has 10 heteroatoms. The Morgan fingerprint density at radius 2 is 1.16 bits per heavy atom. The Kier molecular flexibility index (Phi) is 7.99. The summed E-state index contributed by atoms with van der Waals surface area (Å²) in [6.07, 6.45) is -10.2. The van der Waals surface area contributed by atoms with Crippen molar-refractivity contribution in [2.45, 2.75) is 12.4 Å². The summed E-state index contributed by atoms with van der Waals surface area (Å²) in [7, 11) is -0.924. The van der Waals surface area contributed by atoms with Crippen molar-refractivity contribution in [1.29, 1.82) is 0 Å². The molecule has 0 amide bonds. The second-order valence-corrected chi connectivity index (χ2v) is 7.40. The van der Waals surface area contributed by atoms with Crippen LogP contribution < -0.4 is 10.0 Å². The molecule has 0 fully saturated rings. The Bertz CT molecular complexity index is 1000. The quantitative estimate of drug-likeness (QED) is 0.260. The minimum absolute atomic E-state index is 0. The monoisotopic (exact) mass is 449 g/mol. The Balaban J connectivity index is 0.00000341. The summed E-state index contributed by atoms with van der Waals surface area (Å²) in [5, 5.41) is 0.283. The van der Waals surface area contributed by atoms with Crippen molar-refractivity contribution in [1.82, 2.24) is 0 Å². The second kappa shape index (κ2) is 9.91. The summed E-state index contributed by atoms with van der Waals surface area (Å²) in [4.78, 5) is 12.5. The minimum Gasteiger partial charge on any atom is -0.457 e. The predicted octanol–water partition coefficient (Wildman–Crippen LogP) is 6.28. The van der Waals surface area contributed by atoms with Crippen molar-refractivity contribution in [3.63, 3.8) is 0 Å². The molecule has 157 valence electrons. The molecule has 0 aliphatic rings. The number of carbonyl (C=O) groups excluding carboxylic acids is 1. The van der Waals surface area contributed by atoms with Crippen LogP contribution in [0.5, 0.6) is 11.5 Å². The maximum atomic E-state index is 13.2. The van der Waals surface area contributed by atoms with Crippen LogP contribution in [-0.2, 0) is 12.4 Å². The van der Waals surface area contributed by atoms with Gasteiger partial charge >= 0.3 is 12.4 Å². The van der Waals surface area contributed by atoms with Gasteiger partial charge in [-0.05, 0) is 50.3 Å². The number of benzene rings is 3. The predicted molar refractivity (Wildman–Crippen MR) is 107 cm³/mol. The maximum Gasteiger partial charge on any atom is 0.417 e. The SMILES string of the molecule is O=C(Pc1ccc(Oc2ccccc2)cc1)c1c(C(F)(F)F)cccc1C(F)(F)F.[Li]. The van der Waals surface area contributed by atoms with Gasteiger partial charge in [0.15, 0.2) is 5.52 Å². The van der Waals surface area contributed by atoms with Crippen molar-refractivity contribution in [2.24, 2.45) is 0 Å². The largest absolute Gasteiger partial charge is 0.457 e. The number of halogens is 6. The van der Waals surface area contributed by atoms with Crippen molar-refractivity contribution in [2.75, 3.05) is 0 Å². The van der Waals surface area contributed by atoms with Gasteiger partial charge in [-0.2, -0.15) is 26.3 Å². The average Bonchev–Trinajstić information content (AvgIpc) is 2.68. The fourth-order valence-corrected chi connectivity index (χ4v) is 3.68. The topological polar surface area (TPSA) is 26.3 Å². The summed E-state index contributed by atoms with van der Waals surface area (Å²) in [6, 6.07) is 16.2. The van der Waals surface area contributed by atoms with E-state index in [9.17, 15) is 31.1 Å². The summed E-state index contributed by atoms with van der Waals surface area (Å²) >= 11 is 0. The van der Waals surface area contributed by atoms with Gasteiger partial charge in [0, 0.05) is 24.4 Å². The zero-order valence-corrected chi connectivity index (χ0v) is 17.0. The third-order valence-corrected chi connectivity index (χ3v) is 5.09. The normalized spacial score (nSPS) is 11.9. The van der Waals surface area contributed by atoms with E-state index in [-0.39, 0.29) is 24.2 Å². The maximum absolute atomic E-state index is 13.2. The van der Waals surface area contributed by atoms with E-state index in [1.807, 2.05) is 0 Å². The Labute approximate surface area is 187 Å². The molecule has 1 radical (unpaired) electrons. The molecular formula is C21H13F6LiO2P. The van der Waals surface area contributed by atoms with E-state index in [2.05, 4.69) is 0 Å². The van der Waals surface area contributed by atoms with Gasteiger partial charge in [-0.25, -0.2) is 0 Å². The first kappa shape index (κ1) is 25.0. The van der Waals surface area contributed by atoms with Crippen molar-refractivity contribution in [3.8, 4) is 11.5 Å². The molecule has 0 aliphatic heterocycles. The Morgan fingerprint density at radius 1 is 0.677 bits per heavy atom. The van der Waals surface area contributed by atoms with E-state index in [4.69, 9.17) is 4.74 Å². The van der Waals surface area contributed by atoms with Crippen LogP contribution in [-0.4, -0.2) is 24.4 Å². The molecule has 0 saturated carbocycles. The smallest absolute Gasteiger partial charge is 0.417 e. The minimum atomic E-state index is -5.09. The Hall–Kier alpha value is -2.26. The van der Waals surface area contributed by atoms with Crippen LogP contribution in [0.25, 0.3) is 0 Å². The molecule has 2 nitrogen and oxygen atoms in total. The van der Waals surface area contributed by atoms with Crippen LogP contribution in [0.4, 0.5) is 26.3 Å². The number of alkyl halides is 6. The van der Waals surface area contributed by atoms with Gasteiger partial charge in [0.1, 0.15) is 11.5 Å². The van der Waals surface area contributed by atoms with E-state index in [0.29, 0.717) is 29.7 Å². The van der Waals surface area contributed by atoms with Crippen LogP contribution >= 0.6 is 8.58 Å². The molecule has 0 saturated heterocycles. The van der Waals surface area contributed by atoms with Crippen LogP contribution in [0.15, 0.2) is 72.8 Å². The summed E-state index contributed by atoms with van der Waals surface area (Å²) in [5.74, 6) is 0.964. The molecule has 0 spiro atoms. The zero-order valence-electron chi connectivity index (χ0n) is 16.0. The van der Waals surface area contributed by atoms with Crippen molar-refractivity contribution in [3.05, 3.63) is 89.5 Å². The van der Waals surface area contributed by atoms with Crippen LogP contribution in [0.3, 0.4) is 0 Å². The number of para-hydroxylation sites is 1. The molecule has 0 aliphatic carbocycles. The molecule has 0 heterocycles. The Morgan fingerprint density at radius 3 is 1.65 bits per heavy atom. The van der Waals surface area contributed by atoms with Gasteiger partial charge in [0.2, 0.25) is 0 Å². The van der Waals surface area contributed by atoms with E-state index in [1.165, 1.54) is 24.3 Å².